The van der Waals surface area contributed by atoms with Crippen LogP contribution in [-0.4, -0.2) is 41.2 Å². The minimum atomic E-state index is -0.262. The fourth-order valence-corrected chi connectivity index (χ4v) is 2.66. The summed E-state index contributed by atoms with van der Waals surface area (Å²) >= 11 is 0. The standard InChI is InChI=1S/C18H26N4O/c1-14-7-5-8-16(11-14)17(21(3)4)18(23)19-9-6-10-22-13-15(2)12-20-22/h5,7-8,11-13,17H,6,9-10H2,1-4H3,(H,19,23). The molecule has 1 unspecified atom stereocenters. The summed E-state index contributed by atoms with van der Waals surface area (Å²) in [5.74, 6) is 0.0391. The molecule has 2 rings (SSSR count). The number of hydrogen-bond acceptors (Lipinski definition) is 3. The van der Waals surface area contributed by atoms with Gasteiger partial charge in [0.05, 0.1) is 6.20 Å². The molecule has 5 heteroatoms. The second kappa shape index (κ2) is 7.92. The molecule has 1 aromatic heterocycles. The zero-order valence-electron chi connectivity index (χ0n) is 14.4. The molecule has 5 nitrogen and oxygen atoms in total. The number of amides is 1. The van der Waals surface area contributed by atoms with Gasteiger partial charge in [0.15, 0.2) is 0 Å². The van der Waals surface area contributed by atoms with Gasteiger partial charge in [-0.05, 0) is 45.5 Å². The van der Waals surface area contributed by atoms with E-state index in [9.17, 15) is 4.79 Å². The molecular weight excluding hydrogens is 288 g/mol. The van der Waals surface area contributed by atoms with E-state index < -0.39 is 0 Å². The Balaban J connectivity index is 1.88. The van der Waals surface area contributed by atoms with E-state index in [4.69, 9.17) is 0 Å². The lowest BCUT2D eigenvalue weighted by molar-refractivity contribution is -0.125. The van der Waals surface area contributed by atoms with Crippen LogP contribution >= 0.6 is 0 Å². The molecule has 0 bridgehead atoms. The SMILES string of the molecule is Cc1cccc(C(C(=O)NCCCn2cc(C)cn2)N(C)C)c1. The first-order valence-electron chi connectivity index (χ1n) is 7.97. The first-order chi connectivity index (χ1) is 11.0. The molecule has 0 aliphatic carbocycles. The van der Waals surface area contributed by atoms with Crippen molar-refractivity contribution in [1.82, 2.24) is 20.0 Å². The van der Waals surface area contributed by atoms with Crippen LogP contribution in [0.2, 0.25) is 0 Å². The Labute approximate surface area is 138 Å². The number of benzene rings is 1. The lowest BCUT2D eigenvalue weighted by Gasteiger charge is -2.24. The third kappa shape index (κ3) is 4.93. The predicted molar refractivity (Wildman–Crippen MR) is 92.2 cm³/mol. The molecule has 0 saturated carbocycles. The molecule has 2 aromatic rings. The van der Waals surface area contributed by atoms with E-state index in [0.717, 1.165) is 29.7 Å². The molecular formula is C18H26N4O. The van der Waals surface area contributed by atoms with E-state index in [1.165, 1.54) is 0 Å². The largest absolute Gasteiger partial charge is 0.354 e. The molecule has 0 radical (unpaired) electrons. The molecule has 0 spiro atoms. The topological polar surface area (TPSA) is 50.2 Å². The number of aryl methyl sites for hydroxylation is 3. The number of nitrogens with zero attached hydrogens (tertiary/aromatic N) is 3. The Kier molecular flexibility index (Phi) is 5.93. The van der Waals surface area contributed by atoms with Crippen LogP contribution in [-0.2, 0) is 11.3 Å². The summed E-state index contributed by atoms with van der Waals surface area (Å²) in [5.41, 5.74) is 3.34. The van der Waals surface area contributed by atoms with Crippen molar-refractivity contribution in [1.29, 1.82) is 0 Å². The van der Waals surface area contributed by atoms with E-state index in [0.29, 0.717) is 6.54 Å². The summed E-state index contributed by atoms with van der Waals surface area (Å²) in [5, 5.41) is 7.29. The molecule has 0 fully saturated rings. The predicted octanol–water partition coefficient (Wildman–Crippen LogP) is 2.31. The van der Waals surface area contributed by atoms with Gasteiger partial charge < -0.3 is 5.32 Å². The van der Waals surface area contributed by atoms with E-state index in [-0.39, 0.29) is 11.9 Å². The van der Waals surface area contributed by atoms with Crippen LogP contribution < -0.4 is 5.32 Å². The molecule has 1 N–H and O–H groups in total. The summed E-state index contributed by atoms with van der Waals surface area (Å²) in [6.45, 7) is 5.52. The number of hydrogen-bond donors (Lipinski definition) is 1. The fourth-order valence-electron chi connectivity index (χ4n) is 2.66. The van der Waals surface area contributed by atoms with Crippen LogP contribution in [0, 0.1) is 13.8 Å². The number of carbonyl (C=O) groups excluding carboxylic acids is 1. The highest BCUT2D eigenvalue weighted by atomic mass is 16.2. The third-order valence-electron chi connectivity index (χ3n) is 3.75. The van der Waals surface area contributed by atoms with Gasteiger partial charge in [-0.1, -0.05) is 29.8 Å². The fraction of sp³-hybridized carbons (Fsp3) is 0.444. The first kappa shape index (κ1) is 17.2. The summed E-state index contributed by atoms with van der Waals surface area (Å²) in [6, 6.07) is 7.84. The third-order valence-corrected chi connectivity index (χ3v) is 3.75. The van der Waals surface area contributed by atoms with Gasteiger partial charge in [-0.25, -0.2) is 0 Å². The molecule has 124 valence electrons. The highest BCUT2D eigenvalue weighted by molar-refractivity contribution is 5.83. The van der Waals surface area contributed by atoms with Gasteiger partial charge >= 0.3 is 0 Å². The Morgan fingerprint density at radius 2 is 2.09 bits per heavy atom. The van der Waals surface area contributed by atoms with Crippen LogP contribution in [0.3, 0.4) is 0 Å². The van der Waals surface area contributed by atoms with Gasteiger partial charge in [-0.3, -0.25) is 14.4 Å². The molecule has 1 heterocycles. The molecule has 1 atom stereocenters. The van der Waals surface area contributed by atoms with Gasteiger partial charge in [-0.15, -0.1) is 0 Å². The summed E-state index contributed by atoms with van der Waals surface area (Å²) in [6.07, 6.45) is 4.72. The number of nitrogens with one attached hydrogen (secondary N) is 1. The van der Waals surface area contributed by atoms with Gasteiger partial charge in [0.25, 0.3) is 0 Å². The second-order valence-corrected chi connectivity index (χ2v) is 6.21. The van der Waals surface area contributed by atoms with Crippen molar-refractivity contribution in [2.24, 2.45) is 0 Å². The van der Waals surface area contributed by atoms with Gasteiger partial charge in [0.2, 0.25) is 5.91 Å². The first-order valence-corrected chi connectivity index (χ1v) is 7.97. The lowest BCUT2D eigenvalue weighted by atomic mass is 10.0. The van der Waals surface area contributed by atoms with Crippen molar-refractivity contribution in [3.8, 4) is 0 Å². The van der Waals surface area contributed by atoms with Crippen LogP contribution in [0.5, 0.6) is 0 Å². The average Bonchev–Trinajstić information content (AvgIpc) is 2.89. The molecule has 0 saturated heterocycles. The molecule has 23 heavy (non-hydrogen) atoms. The minimum Gasteiger partial charge on any atom is -0.354 e. The average molecular weight is 314 g/mol. The summed E-state index contributed by atoms with van der Waals surface area (Å²) < 4.78 is 1.91. The highest BCUT2D eigenvalue weighted by Crippen LogP contribution is 2.19. The van der Waals surface area contributed by atoms with E-state index >= 15 is 0 Å². The maximum Gasteiger partial charge on any atom is 0.241 e. The molecule has 0 aliphatic heterocycles. The number of likely N-dealkylation sites (N-methyl/N-ethyl adjacent to an activating group) is 1. The second-order valence-electron chi connectivity index (χ2n) is 6.21. The van der Waals surface area contributed by atoms with Gasteiger partial charge in [-0.2, -0.15) is 5.10 Å². The van der Waals surface area contributed by atoms with Crippen LogP contribution in [0.25, 0.3) is 0 Å². The number of rotatable bonds is 7. The van der Waals surface area contributed by atoms with E-state index in [1.54, 1.807) is 0 Å². The zero-order valence-corrected chi connectivity index (χ0v) is 14.4. The maximum absolute atomic E-state index is 12.5. The van der Waals surface area contributed by atoms with Crippen LogP contribution in [0.1, 0.15) is 29.2 Å². The summed E-state index contributed by atoms with van der Waals surface area (Å²) in [4.78, 5) is 14.5. The van der Waals surface area contributed by atoms with Crippen molar-refractivity contribution < 1.29 is 4.79 Å². The Bertz CT molecular complexity index is 648. The van der Waals surface area contributed by atoms with Crippen LogP contribution in [0.15, 0.2) is 36.7 Å². The highest BCUT2D eigenvalue weighted by Gasteiger charge is 2.22. The normalized spacial score (nSPS) is 12.4. The number of carbonyl (C=O) groups is 1. The lowest BCUT2D eigenvalue weighted by Crippen LogP contribution is -2.37. The van der Waals surface area contributed by atoms with Crippen molar-refractivity contribution in [2.75, 3.05) is 20.6 Å². The Morgan fingerprint density at radius 1 is 1.30 bits per heavy atom. The Morgan fingerprint density at radius 3 is 2.70 bits per heavy atom. The van der Waals surface area contributed by atoms with Crippen molar-refractivity contribution >= 4 is 5.91 Å². The van der Waals surface area contributed by atoms with Crippen molar-refractivity contribution in [2.45, 2.75) is 32.9 Å². The molecule has 1 amide bonds. The van der Waals surface area contributed by atoms with Crippen LogP contribution in [0.4, 0.5) is 0 Å². The van der Waals surface area contributed by atoms with E-state index in [1.807, 2.05) is 68.1 Å². The van der Waals surface area contributed by atoms with Crippen molar-refractivity contribution in [3.63, 3.8) is 0 Å². The number of aromatic nitrogens is 2. The quantitative estimate of drug-likeness (QED) is 0.798. The van der Waals surface area contributed by atoms with Crippen molar-refractivity contribution in [3.05, 3.63) is 53.3 Å². The van der Waals surface area contributed by atoms with E-state index in [2.05, 4.69) is 16.5 Å². The summed E-state index contributed by atoms with van der Waals surface area (Å²) in [7, 11) is 3.86. The minimum absolute atomic E-state index is 0.0391. The van der Waals surface area contributed by atoms with Gasteiger partial charge in [0.1, 0.15) is 6.04 Å². The molecule has 1 aromatic carbocycles. The monoisotopic (exact) mass is 314 g/mol. The maximum atomic E-state index is 12.5. The molecule has 0 aliphatic rings. The van der Waals surface area contributed by atoms with Gasteiger partial charge in [0, 0.05) is 19.3 Å². The Hall–Kier alpha value is -2.14. The zero-order chi connectivity index (χ0) is 16.8. The smallest absolute Gasteiger partial charge is 0.241 e.